The smallest absolute Gasteiger partial charge is 0.0629 e. The monoisotopic (exact) mass is 569 g/mol. The molecule has 8 aromatic carbocycles. The van der Waals surface area contributed by atoms with Gasteiger partial charge in [-0.25, -0.2) is 0 Å². The van der Waals surface area contributed by atoms with Gasteiger partial charge in [0.2, 0.25) is 0 Å². The van der Waals surface area contributed by atoms with E-state index in [2.05, 4.69) is 54.6 Å². The molecule has 1 heterocycles. The lowest BCUT2D eigenvalue weighted by atomic mass is 9.84. The van der Waals surface area contributed by atoms with Crippen LogP contribution in [-0.2, 0) is 0 Å². The van der Waals surface area contributed by atoms with E-state index in [9.17, 15) is 2.74 Å². The zero-order chi connectivity index (χ0) is 34.4. The van der Waals surface area contributed by atoms with E-state index in [1.165, 1.54) is 0 Å². The molecular weight excluding hydrogens is 537 g/mol. The van der Waals surface area contributed by atoms with Crippen LogP contribution in [0.25, 0.3) is 85.9 Å². The number of hydrogen-bond acceptors (Lipinski definition) is 1. The molecule has 0 aliphatic rings. The number of benzene rings is 8. The molecule has 0 spiro atoms. The number of thiophene rings is 1. The summed E-state index contributed by atoms with van der Waals surface area (Å²) >= 11 is 1.59. The van der Waals surface area contributed by atoms with Crippen LogP contribution >= 0.6 is 11.3 Å². The van der Waals surface area contributed by atoms with E-state index >= 15 is 0 Å². The fraction of sp³-hybridized carbons (Fsp3) is 0. The normalized spacial score (nSPS) is 14.0. The molecule has 200 valence electrons. The van der Waals surface area contributed by atoms with Crippen molar-refractivity contribution in [3.63, 3.8) is 0 Å². The average molecular weight is 570 g/mol. The Labute approximate surface area is 263 Å². The van der Waals surface area contributed by atoms with Gasteiger partial charge in [0.1, 0.15) is 0 Å². The lowest BCUT2D eigenvalue weighted by Gasteiger charge is -2.18. The molecule has 0 nitrogen and oxygen atoms in total. The van der Waals surface area contributed by atoms with Crippen molar-refractivity contribution in [3.05, 3.63) is 158 Å². The molecular formula is C42H26S. The Bertz CT molecular complexity index is 2820. The standard InChI is InChI=1S/C42H26S/c1-2-11-27(12-3-1)30-23-24-36-39(26-30)43-38-20-10-19-37(42(36)38)41-34-17-8-6-15-32(34)40(33-16-7-9-18-35(33)41)31-22-21-28-13-4-5-14-29(28)25-31/h1-26H/i1D,2D,3D,11D,12D,15D,16D. The lowest BCUT2D eigenvalue weighted by Crippen LogP contribution is -1.91. The summed E-state index contributed by atoms with van der Waals surface area (Å²) in [5, 5.41) is 7.70. The maximum Gasteiger partial charge on any atom is 0.0629 e. The zero-order valence-corrected chi connectivity index (χ0v) is 23.7. The van der Waals surface area contributed by atoms with Crippen LogP contribution in [-0.4, -0.2) is 0 Å². The van der Waals surface area contributed by atoms with Crippen LogP contribution < -0.4 is 0 Å². The van der Waals surface area contributed by atoms with Crippen molar-refractivity contribution in [1.82, 2.24) is 0 Å². The van der Waals surface area contributed by atoms with E-state index in [0.717, 1.165) is 74.7 Å². The number of hydrogen-bond donors (Lipinski definition) is 0. The van der Waals surface area contributed by atoms with Gasteiger partial charge < -0.3 is 0 Å². The molecule has 1 heteroatoms. The molecule has 43 heavy (non-hydrogen) atoms. The SMILES string of the molecule is [2H]c1c([2H])c([2H])c(-c2ccc3c(c2)sc2cccc(-c4c5cccc([2H])c5c(-c5ccc6ccccc6c5)c5c([2H])cccc45)c23)c([2H])c1[2H]. The molecule has 0 N–H and O–H groups in total. The van der Waals surface area contributed by atoms with Gasteiger partial charge in [0.25, 0.3) is 0 Å². The third-order valence-corrected chi connectivity index (χ3v) is 9.46. The van der Waals surface area contributed by atoms with Crippen molar-refractivity contribution in [3.8, 4) is 33.4 Å². The van der Waals surface area contributed by atoms with Gasteiger partial charge in [-0.3, -0.25) is 0 Å². The molecule has 0 saturated heterocycles. The van der Waals surface area contributed by atoms with Crippen LogP contribution in [0.3, 0.4) is 0 Å². The summed E-state index contributed by atoms with van der Waals surface area (Å²) in [5.74, 6) is 0. The van der Waals surface area contributed by atoms with Crippen LogP contribution in [0.5, 0.6) is 0 Å². The summed E-state index contributed by atoms with van der Waals surface area (Å²) in [7, 11) is 0. The minimum absolute atomic E-state index is 0.183. The first kappa shape index (κ1) is 18.3. The fourth-order valence-electron chi connectivity index (χ4n) is 6.48. The Morgan fingerprint density at radius 1 is 0.419 bits per heavy atom. The topological polar surface area (TPSA) is 0 Å². The van der Waals surface area contributed by atoms with Crippen LogP contribution in [0, 0.1) is 0 Å². The van der Waals surface area contributed by atoms with Crippen molar-refractivity contribution in [1.29, 1.82) is 0 Å². The van der Waals surface area contributed by atoms with E-state index in [0.29, 0.717) is 17.6 Å². The van der Waals surface area contributed by atoms with Gasteiger partial charge in [-0.15, -0.1) is 11.3 Å². The second-order valence-corrected chi connectivity index (χ2v) is 11.8. The highest BCUT2D eigenvalue weighted by atomic mass is 32.1. The predicted octanol–water partition coefficient (Wildman–Crippen LogP) is 12.5. The highest BCUT2D eigenvalue weighted by Gasteiger charge is 2.19. The summed E-state index contributed by atoms with van der Waals surface area (Å²) in [5.41, 5.74) is 4.54. The quantitative estimate of drug-likeness (QED) is 0.186. The Hall–Kier alpha value is -5.24. The van der Waals surface area contributed by atoms with Crippen molar-refractivity contribution in [2.75, 3.05) is 0 Å². The van der Waals surface area contributed by atoms with Crippen molar-refractivity contribution in [2.45, 2.75) is 0 Å². The summed E-state index contributed by atoms with van der Waals surface area (Å²) < 4.78 is 62.0. The molecule has 0 atom stereocenters. The first-order valence-electron chi connectivity index (χ1n) is 17.7. The second-order valence-electron chi connectivity index (χ2n) is 10.7. The molecule has 0 aliphatic heterocycles. The summed E-state index contributed by atoms with van der Waals surface area (Å²) in [6.07, 6.45) is 0. The minimum Gasteiger partial charge on any atom is -0.135 e. The molecule has 0 amide bonds. The highest BCUT2D eigenvalue weighted by Crippen LogP contribution is 2.48. The fourth-order valence-corrected chi connectivity index (χ4v) is 7.65. The zero-order valence-electron chi connectivity index (χ0n) is 29.9. The van der Waals surface area contributed by atoms with Gasteiger partial charge in [0.15, 0.2) is 0 Å². The number of rotatable bonds is 3. The average Bonchev–Trinajstić information content (AvgIpc) is 3.51. The minimum atomic E-state index is -0.408. The highest BCUT2D eigenvalue weighted by molar-refractivity contribution is 7.26. The maximum atomic E-state index is 9.24. The molecule has 9 aromatic rings. The molecule has 1 aromatic heterocycles. The predicted molar refractivity (Wildman–Crippen MR) is 188 cm³/mol. The van der Waals surface area contributed by atoms with Crippen LogP contribution in [0.1, 0.15) is 9.60 Å². The molecule has 0 aliphatic carbocycles. The first-order chi connectivity index (χ1) is 24.2. The van der Waals surface area contributed by atoms with Crippen LogP contribution in [0.15, 0.2) is 158 Å². The van der Waals surface area contributed by atoms with E-state index in [1.54, 1.807) is 11.3 Å². The summed E-state index contributed by atoms with van der Waals surface area (Å²) in [6, 6.07) is 37.4. The van der Waals surface area contributed by atoms with Gasteiger partial charge in [0, 0.05) is 20.2 Å². The first-order valence-corrected chi connectivity index (χ1v) is 15.0. The van der Waals surface area contributed by atoms with Gasteiger partial charge >= 0.3 is 0 Å². The third kappa shape index (κ3) is 3.82. The largest absolute Gasteiger partial charge is 0.135 e. The van der Waals surface area contributed by atoms with Crippen molar-refractivity contribution < 1.29 is 9.60 Å². The second kappa shape index (κ2) is 9.66. The molecule has 0 unspecified atom stereocenters. The van der Waals surface area contributed by atoms with Gasteiger partial charge in [0.05, 0.1) is 9.60 Å². The molecule has 9 rings (SSSR count). The lowest BCUT2D eigenvalue weighted by molar-refractivity contribution is 1.66. The third-order valence-electron chi connectivity index (χ3n) is 8.34. The van der Waals surface area contributed by atoms with E-state index < -0.39 is 6.04 Å². The van der Waals surface area contributed by atoms with E-state index in [4.69, 9.17) is 6.85 Å². The van der Waals surface area contributed by atoms with Gasteiger partial charge in [-0.1, -0.05) is 139 Å². The molecule has 0 fully saturated rings. The van der Waals surface area contributed by atoms with E-state index in [1.807, 2.05) is 60.7 Å². The Morgan fingerprint density at radius 2 is 1.14 bits per heavy atom. The summed E-state index contributed by atoms with van der Waals surface area (Å²) in [4.78, 5) is 0. The molecule has 0 bridgehead atoms. The van der Waals surface area contributed by atoms with Gasteiger partial charge in [-0.2, -0.15) is 0 Å². The molecule has 0 saturated carbocycles. The van der Waals surface area contributed by atoms with E-state index in [-0.39, 0.29) is 29.7 Å². The van der Waals surface area contributed by atoms with Crippen molar-refractivity contribution in [2.24, 2.45) is 0 Å². The summed E-state index contributed by atoms with van der Waals surface area (Å²) in [6.45, 7) is 0. The maximum absolute atomic E-state index is 9.24. The Kier molecular flexibility index (Phi) is 4.12. The Morgan fingerprint density at radius 3 is 1.93 bits per heavy atom. The molecule has 0 radical (unpaired) electrons. The van der Waals surface area contributed by atoms with Crippen LogP contribution in [0.4, 0.5) is 0 Å². The number of fused-ring (bicyclic) bond motifs is 6. The van der Waals surface area contributed by atoms with Crippen molar-refractivity contribution >= 4 is 63.8 Å². The Balaban J connectivity index is 1.36. The van der Waals surface area contributed by atoms with Crippen LogP contribution in [0.2, 0.25) is 0 Å². The van der Waals surface area contributed by atoms with Gasteiger partial charge in [-0.05, 0) is 83.9 Å².